The van der Waals surface area contributed by atoms with Gasteiger partial charge in [0.05, 0.1) is 13.2 Å². The van der Waals surface area contributed by atoms with Crippen molar-refractivity contribution in [1.82, 2.24) is 10.2 Å². The Morgan fingerprint density at radius 1 is 1.20 bits per heavy atom. The van der Waals surface area contributed by atoms with Crippen LogP contribution in [0.15, 0.2) is 0 Å². The highest BCUT2D eigenvalue weighted by atomic mass is 19.4. The molecule has 1 fully saturated rings. The van der Waals surface area contributed by atoms with Crippen molar-refractivity contribution in [3.05, 3.63) is 0 Å². The Kier molecular flexibility index (Phi) is 7.52. The number of amides is 1. The van der Waals surface area contributed by atoms with Gasteiger partial charge in [-0.1, -0.05) is 0 Å². The number of likely N-dealkylation sites (tertiary alicyclic amines) is 1. The smallest absolute Gasteiger partial charge is 0.408 e. The molecule has 25 heavy (non-hydrogen) atoms. The van der Waals surface area contributed by atoms with Crippen LogP contribution in [-0.2, 0) is 14.3 Å². The van der Waals surface area contributed by atoms with Crippen LogP contribution in [0, 0.1) is 5.92 Å². The highest BCUT2D eigenvalue weighted by Crippen LogP contribution is 2.22. The minimum Gasteiger partial charge on any atom is -0.464 e. The van der Waals surface area contributed by atoms with E-state index in [1.54, 1.807) is 20.8 Å². The molecule has 0 radical (unpaired) electrons. The van der Waals surface area contributed by atoms with Crippen LogP contribution in [0.4, 0.5) is 18.0 Å². The molecule has 1 atom stereocenters. The van der Waals surface area contributed by atoms with Crippen LogP contribution < -0.4 is 5.32 Å². The molecule has 1 saturated heterocycles. The summed E-state index contributed by atoms with van der Waals surface area (Å²) < 4.78 is 47.2. The van der Waals surface area contributed by atoms with Gasteiger partial charge in [-0.15, -0.1) is 0 Å². The maximum atomic E-state index is 12.3. The SMILES string of the molecule is C[C@H](NC(=O)OC(C)(C)C)C(=O)OCC1CCN(CC(F)(F)F)CC1. The molecule has 1 aliphatic rings. The third-order valence-corrected chi connectivity index (χ3v) is 3.66. The maximum absolute atomic E-state index is 12.3. The van der Waals surface area contributed by atoms with Gasteiger partial charge in [0.2, 0.25) is 0 Å². The van der Waals surface area contributed by atoms with Crippen LogP contribution >= 0.6 is 0 Å². The number of nitrogens with one attached hydrogen (secondary N) is 1. The van der Waals surface area contributed by atoms with E-state index in [0.29, 0.717) is 25.9 Å². The van der Waals surface area contributed by atoms with Gasteiger partial charge in [-0.05, 0) is 59.5 Å². The van der Waals surface area contributed by atoms with E-state index in [4.69, 9.17) is 9.47 Å². The third-order valence-electron chi connectivity index (χ3n) is 3.66. The number of nitrogens with zero attached hydrogens (tertiary/aromatic N) is 1. The number of esters is 1. The van der Waals surface area contributed by atoms with Gasteiger partial charge in [0.15, 0.2) is 0 Å². The first kappa shape index (κ1) is 21.5. The lowest BCUT2D eigenvalue weighted by Gasteiger charge is -2.32. The second-order valence-corrected chi connectivity index (χ2v) is 7.33. The molecule has 1 aliphatic heterocycles. The number of hydrogen-bond acceptors (Lipinski definition) is 5. The highest BCUT2D eigenvalue weighted by Gasteiger charge is 2.33. The molecular weight excluding hydrogens is 341 g/mol. The van der Waals surface area contributed by atoms with Crippen molar-refractivity contribution in [2.24, 2.45) is 5.92 Å². The summed E-state index contributed by atoms with van der Waals surface area (Å²) in [7, 11) is 0. The van der Waals surface area contributed by atoms with E-state index in [2.05, 4.69) is 5.32 Å². The Morgan fingerprint density at radius 2 is 1.76 bits per heavy atom. The summed E-state index contributed by atoms with van der Waals surface area (Å²) in [5.74, 6) is -0.564. The second kappa shape index (κ2) is 8.73. The van der Waals surface area contributed by atoms with Crippen molar-refractivity contribution in [1.29, 1.82) is 0 Å². The largest absolute Gasteiger partial charge is 0.464 e. The molecule has 1 rings (SSSR count). The lowest BCUT2D eigenvalue weighted by molar-refractivity contribution is -0.151. The van der Waals surface area contributed by atoms with Crippen LogP contribution in [0.25, 0.3) is 0 Å². The average Bonchev–Trinajstić information content (AvgIpc) is 2.42. The van der Waals surface area contributed by atoms with E-state index in [1.165, 1.54) is 11.8 Å². The summed E-state index contributed by atoms with van der Waals surface area (Å²) in [6.07, 6.45) is -3.83. The standard InChI is InChI=1S/C16H27F3N2O4/c1-11(20-14(23)25-15(2,3)4)13(22)24-9-12-5-7-21(8-6-12)10-16(17,18)19/h11-12H,5-10H2,1-4H3,(H,20,23)/t11-/m0/s1. The Labute approximate surface area is 146 Å². The molecule has 0 aromatic heterocycles. The van der Waals surface area contributed by atoms with E-state index in [1.807, 2.05) is 0 Å². The van der Waals surface area contributed by atoms with Gasteiger partial charge in [0.25, 0.3) is 0 Å². The summed E-state index contributed by atoms with van der Waals surface area (Å²) in [6, 6.07) is -0.861. The molecule has 1 N–H and O–H groups in total. The Morgan fingerprint density at radius 3 is 2.24 bits per heavy atom. The zero-order valence-corrected chi connectivity index (χ0v) is 15.1. The van der Waals surface area contributed by atoms with Gasteiger partial charge in [0, 0.05) is 0 Å². The molecule has 6 nitrogen and oxygen atoms in total. The quantitative estimate of drug-likeness (QED) is 0.756. The number of halogens is 3. The minimum atomic E-state index is -4.19. The molecule has 1 heterocycles. The molecule has 0 spiro atoms. The van der Waals surface area contributed by atoms with E-state index in [9.17, 15) is 22.8 Å². The molecule has 0 aromatic rings. The first-order chi connectivity index (χ1) is 11.4. The van der Waals surface area contributed by atoms with Crippen LogP contribution in [0.5, 0.6) is 0 Å². The van der Waals surface area contributed by atoms with Crippen LogP contribution in [0.2, 0.25) is 0 Å². The number of alkyl carbamates (subject to hydrolysis) is 1. The Bertz CT molecular complexity index is 455. The van der Waals surface area contributed by atoms with Crippen molar-refractivity contribution < 1.29 is 32.2 Å². The van der Waals surface area contributed by atoms with E-state index in [-0.39, 0.29) is 12.5 Å². The molecule has 0 aliphatic carbocycles. The van der Waals surface area contributed by atoms with Gasteiger partial charge in [0.1, 0.15) is 11.6 Å². The third kappa shape index (κ3) is 9.52. The lowest BCUT2D eigenvalue weighted by atomic mass is 9.98. The van der Waals surface area contributed by atoms with Crippen molar-refractivity contribution in [3.8, 4) is 0 Å². The first-order valence-electron chi connectivity index (χ1n) is 8.31. The number of carbonyl (C=O) groups excluding carboxylic acids is 2. The summed E-state index contributed by atoms with van der Waals surface area (Å²) in [4.78, 5) is 24.8. The van der Waals surface area contributed by atoms with Crippen LogP contribution in [0.1, 0.15) is 40.5 Å². The average molecular weight is 368 g/mol. The molecule has 9 heteroatoms. The number of carbonyl (C=O) groups is 2. The fourth-order valence-corrected chi connectivity index (χ4v) is 2.43. The molecule has 0 bridgehead atoms. The van der Waals surface area contributed by atoms with Crippen LogP contribution in [0.3, 0.4) is 0 Å². The van der Waals surface area contributed by atoms with Gasteiger partial charge in [-0.2, -0.15) is 13.2 Å². The molecule has 0 saturated carbocycles. The van der Waals surface area contributed by atoms with Crippen LogP contribution in [-0.4, -0.2) is 61.0 Å². The van der Waals surface area contributed by atoms with E-state index < -0.39 is 36.4 Å². The predicted octanol–water partition coefficient (Wildman–Crippen LogP) is 2.72. The number of rotatable bonds is 5. The Hall–Kier alpha value is -1.51. The summed E-state index contributed by atoms with van der Waals surface area (Å²) >= 11 is 0. The second-order valence-electron chi connectivity index (χ2n) is 7.33. The van der Waals surface area contributed by atoms with Gasteiger partial charge >= 0.3 is 18.2 Å². The number of ether oxygens (including phenoxy) is 2. The topological polar surface area (TPSA) is 67.9 Å². The molecule has 1 amide bonds. The number of alkyl halides is 3. The predicted molar refractivity (Wildman–Crippen MR) is 85.0 cm³/mol. The monoisotopic (exact) mass is 368 g/mol. The summed E-state index contributed by atoms with van der Waals surface area (Å²) in [5.41, 5.74) is -0.669. The Balaban J connectivity index is 2.27. The van der Waals surface area contributed by atoms with E-state index >= 15 is 0 Å². The molecule has 146 valence electrons. The molecule has 0 unspecified atom stereocenters. The van der Waals surface area contributed by atoms with Crippen molar-refractivity contribution in [3.63, 3.8) is 0 Å². The van der Waals surface area contributed by atoms with Crippen molar-refractivity contribution in [2.45, 2.75) is 58.4 Å². The maximum Gasteiger partial charge on any atom is 0.408 e. The summed E-state index contributed by atoms with van der Waals surface area (Å²) in [5, 5.41) is 2.39. The molecular formula is C16H27F3N2O4. The summed E-state index contributed by atoms with van der Waals surface area (Å²) in [6.45, 7) is 6.50. The first-order valence-corrected chi connectivity index (χ1v) is 8.31. The zero-order chi connectivity index (χ0) is 19.3. The van der Waals surface area contributed by atoms with Crippen molar-refractivity contribution >= 4 is 12.1 Å². The van der Waals surface area contributed by atoms with E-state index in [0.717, 1.165) is 0 Å². The lowest BCUT2D eigenvalue weighted by Crippen LogP contribution is -2.43. The minimum absolute atomic E-state index is 0.0298. The fourth-order valence-electron chi connectivity index (χ4n) is 2.43. The van der Waals surface area contributed by atoms with Gasteiger partial charge in [-0.3, -0.25) is 4.90 Å². The number of hydrogen-bond donors (Lipinski definition) is 1. The van der Waals surface area contributed by atoms with Crippen molar-refractivity contribution in [2.75, 3.05) is 26.2 Å². The highest BCUT2D eigenvalue weighted by molar-refractivity contribution is 5.81. The van der Waals surface area contributed by atoms with Gasteiger partial charge < -0.3 is 14.8 Å². The fraction of sp³-hybridized carbons (Fsp3) is 0.875. The zero-order valence-electron chi connectivity index (χ0n) is 15.1. The normalized spacial score (nSPS) is 18.5. The molecule has 0 aromatic carbocycles. The van der Waals surface area contributed by atoms with Gasteiger partial charge in [-0.25, -0.2) is 9.59 Å². The number of piperidine rings is 1.